The monoisotopic (exact) mass is 189 g/mol. The van der Waals surface area contributed by atoms with Gasteiger partial charge in [-0.1, -0.05) is 42.5 Å². The SMILES string of the molecule is [Na+].[O-]NC(=S)Cc1ccccc1. The summed E-state index contributed by atoms with van der Waals surface area (Å²) in [4.78, 5) is 0.330. The van der Waals surface area contributed by atoms with Gasteiger partial charge in [-0.15, -0.1) is 0 Å². The summed E-state index contributed by atoms with van der Waals surface area (Å²) in [5.74, 6) is 0. The summed E-state index contributed by atoms with van der Waals surface area (Å²) < 4.78 is 0. The van der Waals surface area contributed by atoms with Crippen LogP contribution in [0.5, 0.6) is 0 Å². The van der Waals surface area contributed by atoms with E-state index in [4.69, 9.17) is 12.2 Å². The maximum absolute atomic E-state index is 10.0. The summed E-state index contributed by atoms with van der Waals surface area (Å²) in [6.07, 6.45) is 0.527. The average Bonchev–Trinajstić information content (AvgIpc) is 2.06. The molecule has 1 N–H and O–H groups in total. The molecule has 58 valence electrons. The Kier molecular flexibility index (Phi) is 6.61. The van der Waals surface area contributed by atoms with E-state index in [-0.39, 0.29) is 29.6 Å². The van der Waals surface area contributed by atoms with Crippen LogP contribution in [-0.4, -0.2) is 4.99 Å². The van der Waals surface area contributed by atoms with Gasteiger partial charge in [0.1, 0.15) is 0 Å². The smallest absolute Gasteiger partial charge is 0.761 e. The van der Waals surface area contributed by atoms with Crippen LogP contribution in [0.15, 0.2) is 30.3 Å². The van der Waals surface area contributed by atoms with E-state index in [9.17, 15) is 5.21 Å². The van der Waals surface area contributed by atoms with Crippen LogP contribution < -0.4 is 35.0 Å². The van der Waals surface area contributed by atoms with Gasteiger partial charge in [0.05, 0.1) is 4.99 Å². The van der Waals surface area contributed by atoms with E-state index < -0.39 is 0 Å². The van der Waals surface area contributed by atoms with Gasteiger partial charge in [0.2, 0.25) is 0 Å². The second-order valence-corrected chi connectivity index (χ2v) is 2.68. The summed E-state index contributed by atoms with van der Waals surface area (Å²) in [7, 11) is 0. The molecule has 0 spiro atoms. The maximum atomic E-state index is 10.0. The van der Waals surface area contributed by atoms with Crippen LogP contribution in [-0.2, 0) is 6.42 Å². The van der Waals surface area contributed by atoms with Crippen molar-refractivity contribution in [2.75, 3.05) is 0 Å². The molecule has 0 fully saturated rings. The number of hydrogen-bond acceptors (Lipinski definition) is 2. The van der Waals surface area contributed by atoms with E-state index in [2.05, 4.69) is 0 Å². The molecule has 0 heterocycles. The van der Waals surface area contributed by atoms with Crippen molar-refractivity contribution in [3.8, 4) is 0 Å². The molecule has 0 amide bonds. The zero-order valence-electron chi connectivity index (χ0n) is 6.91. The largest absolute Gasteiger partial charge is 1.00 e. The molecule has 0 aliphatic carbocycles. The predicted octanol–water partition coefficient (Wildman–Crippen LogP) is -1.35. The van der Waals surface area contributed by atoms with E-state index in [1.807, 2.05) is 30.3 Å². The number of hydroxylamine groups is 1. The minimum absolute atomic E-state index is 0. The van der Waals surface area contributed by atoms with Crippen LogP contribution in [0.2, 0.25) is 0 Å². The van der Waals surface area contributed by atoms with Crippen molar-refractivity contribution in [1.29, 1.82) is 0 Å². The van der Waals surface area contributed by atoms with E-state index in [0.717, 1.165) is 5.56 Å². The molecular weight excluding hydrogens is 181 g/mol. The summed E-state index contributed by atoms with van der Waals surface area (Å²) in [6.45, 7) is 0. The Morgan fingerprint density at radius 3 is 2.42 bits per heavy atom. The summed E-state index contributed by atoms with van der Waals surface area (Å²) >= 11 is 4.71. The first-order valence-electron chi connectivity index (χ1n) is 3.28. The minimum Gasteiger partial charge on any atom is -0.761 e. The summed E-state index contributed by atoms with van der Waals surface area (Å²) in [5, 5.41) is 10.0. The second kappa shape index (κ2) is 6.57. The van der Waals surface area contributed by atoms with E-state index >= 15 is 0 Å². The maximum Gasteiger partial charge on any atom is 1.00 e. The molecule has 0 saturated carbocycles. The van der Waals surface area contributed by atoms with Gasteiger partial charge in [0.25, 0.3) is 0 Å². The third-order valence-corrected chi connectivity index (χ3v) is 1.55. The Labute approximate surface area is 99.2 Å². The fraction of sp³-hybridized carbons (Fsp3) is 0.125. The summed E-state index contributed by atoms with van der Waals surface area (Å²) in [5.41, 5.74) is 2.75. The normalized spacial score (nSPS) is 8.42. The topological polar surface area (TPSA) is 35.1 Å². The van der Waals surface area contributed by atoms with Crippen LogP contribution in [0.4, 0.5) is 0 Å². The molecule has 0 atom stereocenters. The molecule has 2 nitrogen and oxygen atoms in total. The Bertz CT molecular complexity index is 240. The Morgan fingerprint density at radius 2 is 1.92 bits per heavy atom. The van der Waals surface area contributed by atoms with Gasteiger partial charge in [0, 0.05) is 6.42 Å². The molecule has 0 bridgehead atoms. The predicted molar refractivity (Wildman–Crippen MR) is 49.2 cm³/mol. The van der Waals surface area contributed by atoms with Crippen molar-refractivity contribution in [1.82, 2.24) is 5.48 Å². The van der Waals surface area contributed by atoms with E-state index in [0.29, 0.717) is 11.4 Å². The van der Waals surface area contributed by atoms with Crippen LogP contribution in [0.3, 0.4) is 0 Å². The van der Waals surface area contributed by atoms with Crippen molar-refractivity contribution in [2.45, 2.75) is 6.42 Å². The first-order chi connectivity index (χ1) is 5.33. The minimum atomic E-state index is 0. The van der Waals surface area contributed by atoms with Crippen LogP contribution in [0.25, 0.3) is 0 Å². The fourth-order valence-electron chi connectivity index (χ4n) is 0.817. The van der Waals surface area contributed by atoms with Crippen LogP contribution in [0, 0.1) is 5.21 Å². The van der Waals surface area contributed by atoms with Crippen molar-refractivity contribution in [2.24, 2.45) is 0 Å². The van der Waals surface area contributed by atoms with Crippen molar-refractivity contribution in [3.05, 3.63) is 41.1 Å². The first kappa shape index (κ1) is 12.1. The molecule has 1 aromatic rings. The van der Waals surface area contributed by atoms with Gasteiger partial charge >= 0.3 is 29.6 Å². The third kappa shape index (κ3) is 4.18. The molecule has 4 heteroatoms. The molecule has 0 aromatic heterocycles. The quantitative estimate of drug-likeness (QED) is 0.355. The first-order valence-corrected chi connectivity index (χ1v) is 3.68. The molecule has 1 aromatic carbocycles. The molecule has 0 aliphatic heterocycles. The van der Waals surface area contributed by atoms with Crippen molar-refractivity contribution >= 4 is 17.2 Å². The zero-order chi connectivity index (χ0) is 8.10. The van der Waals surface area contributed by atoms with Gasteiger partial charge in [-0.25, -0.2) is 0 Å². The zero-order valence-corrected chi connectivity index (χ0v) is 9.73. The van der Waals surface area contributed by atoms with Crippen LogP contribution >= 0.6 is 12.2 Å². The molecule has 12 heavy (non-hydrogen) atoms. The van der Waals surface area contributed by atoms with E-state index in [1.54, 1.807) is 5.48 Å². The Morgan fingerprint density at radius 1 is 1.33 bits per heavy atom. The Balaban J connectivity index is 0.00000121. The van der Waals surface area contributed by atoms with Crippen molar-refractivity contribution < 1.29 is 29.6 Å². The van der Waals surface area contributed by atoms with Gasteiger partial charge < -0.3 is 10.7 Å². The average molecular weight is 189 g/mol. The van der Waals surface area contributed by atoms with E-state index in [1.165, 1.54) is 0 Å². The molecule has 0 saturated heterocycles. The van der Waals surface area contributed by atoms with Crippen LogP contribution in [0.1, 0.15) is 5.56 Å². The number of benzene rings is 1. The van der Waals surface area contributed by atoms with Gasteiger partial charge in [-0.3, -0.25) is 0 Å². The molecule has 0 aliphatic rings. The second-order valence-electron chi connectivity index (χ2n) is 2.19. The molecule has 0 unspecified atom stereocenters. The molecular formula is C8H8NNaOS. The van der Waals surface area contributed by atoms with Gasteiger partial charge in [-0.05, 0) is 5.56 Å². The Hall–Kier alpha value is 0.0700. The molecule has 0 radical (unpaired) electrons. The van der Waals surface area contributed by atoms with Gasteiger partial charge in [0.15, 0.2) is 0 Å². The number of thiocarbonyl (C=S) groups is 1. The number of nitrogens with one attached hydrogen (secondary N) is 1. The third-order valence-electron chi connectivity index (χ3n) is 1.32. The standard InChI is InChI=1S/C8H8NOS.Na/c10-9-8(11)6-7-4-2-1-3-5-7;/h1-5H,6H2,(H-,9,10,11);/q-1;+1. The number of hydrogen-bond donors (Lipinski definition) is 1. The number of rotatable bonds is 2. The molecule has 1 rings (SSSR count). The fourth-order valence-corrected chi connectivity index (χ4v) is 0.984. The van der Waals surface area contributed by atoms with Gasteiger partial charge in [-0.2, -0.15) is 0 Å². The summed E-state index contributed by atoms with van der Waals surface area (Å²) in [6, 6.07) is 9.63. The van der Waals surface area contributed by atoms with Crippen molar-refractivity contribution in [3.63, 3.8) is 0 Å².